The largest absolute Gasteiger partial charge is 0.507 e. The number of aliphatic hydroxyl groups is 1. The van der Waals surface area contributed by atoms with Crippen LogP contribution >= 0.6 is 11.6 Å². The molecule has 1 aliphatic heterocycles. The number of rotatable bonds is 5. The molecular formula is C25H20ClNO4. The molecule has 1 fully saturated rings. The molecule has 31 heavy (non-hydrogen) atoms. The van der Waals surface area contributed by atoms with Crippen LogP contribution in [0.1, 0.15) is 24.1 Å². The third kappa shape index (κ3) is 3.92. The van der Waals surface area contributed by atoms with Crippen molar-refractivity contribution in [2.45, 2.75) is 13.0 Å². The second kappa shape index (κ2) is 8.66. The van der Waals surface area contributed by atoms with Gasteiger partial charge in [0, 0.05) is 16.3 Å². The molecular weight excluding hydrogens is 414 g/mol. The van der Waals surface area contributed by atoms with E-state index in [9.17, 15) is 14.7 Å². The summed E-state index contributed by atoms with van der Waals surface area (Å²) >= 11 is 6.05. The van der Waals surface area contributed by atoms with Gasteiger partial charge < -0.3 is 9.84 Å². The number of Topliss-reactive ketones (excluding diaryl/α,β-unsaturated/α-hetero) is 1. The molecule has 1 unspecified atom stereocenters. The van der Waals surface area contributed by atoms with E-state index in [1.165, 1.54) is 4.90 Å². The zero-order valence-corrected chi connectivity index (χ0v) is 17.5. The van der Waals surface area contributed by atoms with Crippen molar-refractivity contribution in [1.29, 1.82) is 0 Å². The number of carbonyl (C=O) groups excluding carboxylic acids is 2. The van der Waals surface area contributed by atoms with E-state index in [0.29, 0.717) is 34.2 Å². The van der Waals surface area contributed by atoms with Crippen LogP contribution in [0.4, 0.5) is 5.69 Å². The van der Waals surface area contributed by atoms with Gasteiger partial charge in [-0.15, -0.1) is 0 Å². The maximum atomic E-state index is 13.1. The highest BCUT2D eigenvalue weighted by atomic mass is 35.5. The first kappa shape index (κ1) is 20.7. The molecule has 3 aromatic rings. The summed E-state index contributed by atoms with van der Waals surface area (Å²) in [5.74, 6) is -1.00. The van der Waals surface area contributed by atoms with Crippen molar-refractivity contribution in [2.24, 2.45) is 0 Å². The topological polar surface area (TPSA) is 66.8 Å². The average molecular weight is 434 g/mol. The Balaban J connectivity index is 1.88. The van der Waals surface area contributed by atoms with Gasteiger partial charge >= 0.3 is 0 Å². The Morgan fingerprint density at radius 3 is 2.23 bits per heavy atom. The van der Waals surface area contributed by atoms with Gasteiger partial charge in [-0.2, -0.15) is 0 Å². The van der Waals surface area contributed by atoms with Crippen LogP contribution in [0.5, 0.6) is 5.75 Å². The fraction of sp³-hybridized carbons (Fsp3) is 0.120. The Labute approximate surface area is 185 Å². The van der Waals surface area contributed by atoms with Gasteiger partial charge in [-0.3, -0.25) is 14.5 Å². The molecule has 5 nitrogen and oxygen atoms in total. The molecule has 1 N–H and O–H groups in total. The minimum Gasteiger partial charge on any atom is -0.507 e. The summed E-state index contributed by atoms with van der Waals surface area (Å²) in [6.45, 7) is 2.41. The van der Waals surface area contributed by atoms with Crippen LogP contribution in [0.25, 0.3) is 5.76 Å². The number of ketones is 1. The van der Waals surface area contributed by atoms with Gasteiger partial charge in [0.2, 0.25) is 0 Å². The van der Waals surface area contributed by atoms with E-state index in [0.717, 1.165) is 0 Å². The SMILES string of the molecule is CCOc1ccc(N2C(=O)C(=O)/C(=C(/O)c3ccccc3)C2c2ccc(Cl)cc2)cc1. The second-order valence-electron chi connectivity index (χ2n) is 7.01. The minimum absolute atomic E-state index is 0.0346. The number of carbonyl (C=O) groups is 2. The molecule has 3 aromatic carbocycles. The molecule has 1 amide bonds. The standard InChI is InChI=1S/C25H20ClNO4/c1-2-31-20-14-12-19(13-15-20)27-22(16-8-10-18(26)11-9-16)21(24(29)25(27)30)23(28)17-6-4-3-5-7-17/h3-15,22,28H,2H2,1H3/b23-21+. The molecule has 4 rings (SSSR count). The molecule has 156 valence electrons. The number of amides is 1. The molecule has 0 aromatic heterocycles. The highest BCUT2D eigenvalue weighted by Crippen LogP contribution is 2.42. The maximum Gasteiger partial charge on any atom is 0.300 e. The molecule has 1 heterocycles. The number of hydrogen-bond acceptors (Lipinski definition) is 4. The first-order valence-corrected chi connectivity index (χ1v) is 10.2. The number of ether oxygens (including phenoxy) is 1. The van der Waals surface area contributed by atoms with Crippen LogP contribution in [-0.2, 0) is 9.59 Å². The predicted molar refractivity (Wildman–Crippen MR) is 120 cm³/mol. The van der Waals surface area contributed by atoms with Gasteiger partial charge in [-0.05, 0) is 48.9 Å². The van der Waals surface area contributed by atoms with Crippen molar-refractivity contribution < 1.29 is 19.4 Å². The molecule has 0 radical (unpaired) electrons. The Morgan fingerprint density at radius 2 is 1.61 bits per heavy atom. The summed E-state index contributed by atoms with van der Waals surface area (Å²) in [4.78, 5) is 27.5. The van der Waals surface area contributed by atoms with Crippen LogP contribution in [-0.4, -0.2) is 23.4 Å². The summed E-state index contributed by atoms with van der Waals surface area (Å²) in [5, 5.41) is 11.5. The molecule has 0 saturated carbocycles. The summed E-state index contributed by atoms with van der Waals surface area (Å²) < 4.78 is 5.48. The summed E-state index contributed by atoms with van der Waals surface area (Å²) in [6.07, 6.45) is 0. The van der Waals surface area contributed by atoms with Crippen LogP contribution in [0.15, 0.2) is 84.4 Å². The van der Waals surface area contributed by atoms with Crippen molar-refractivity contribution in [3.8, 4) is 5.75 Å². The van der Waals surface area contributed by atoms with E-state index in [1.54, 1.807) is 72.8 Å². The first-order valence-electron chi connectivity index (χ1n) is 9.86. The smallest absolute Gasteiger partial charge is 0.300 e. The van der Waals surface area contributed by atoms with Crippen molar-refractivity contribution in [3.05, 3.63) is 101 Å². The Kier molecular flexibility index (Phi) is 5.78. The Hall–Kier alpha value is -3.57. The van der Waals surface area contributed by atoms with E-state index in [-0.39, 0.29) is 11.3 Å². The lowest BCUT2D eigenvalue weighted by molar-refractivity contribution is -0.132. The predicted octanol–water partition coefficient (Wildman–Crippen LogP) is 5.37. The van der Waals surface area contributed by atoms with Crippen molar-refractivity contribution in [3.63, 3.8) is 0 Å². The van der Waals surface area contributed by atoms with Gasteiger partial charge in [0.1, 0.15) is 11.5 Å². The summed E-state index contributed by atoms with van der Waals surface area (Å²) in [7, 11) is 0. The molecule has 6 heteroatoms. The Bertz CT molecular complexity index is 1140. The third-order valence-electron chi connectivity index (χ3n) is 5.10. The van der Waals surface area contributed by atoms with E-state index in [2.05, 4.69) is 0 Å². The van der Waals surface area contributed by atoms with Crippen LogP contribution in [0.2, 0.25) is 5.02 Å². The van der Waals surface area contributed by atoms with E-state index < -0.39 is 17.7 Å². The van der Waals surface area contributed by atoms with Crippen molar-refractivity contribution in [1.82, 2.24) is 0 Å². The number of anilines is 1. The normalized spacial score (nSPS) is 17.7. The average Bonchev–Trinajstić information content (AvgIpc) is 3.06. The third-order valence-corrected chi connectivity index (χ3v) is 5.36. The van der Waals surface area contributed by atoms with E-state index in [4.69, 9.17) is 16.3 Å². The number of aliphatic hydroxyl groups excluding tert-OH is 1. The van der Waals surface area contributed by atoms with Crippen LogP contribution in [0.3, 0.4) is 0 Å². The van der Waals surface area contributed by atoms with Crippen LogP contribution in [0, 0.1) is 0 Å². The lowest BCUT2D eigenvalue weighted by Gasteiger charge is -2.25. The molecule has 1 atom stereocenters. The van der Waals surface area contributed by atoms with Crippen LogP contribution < -0.4 is 9.64 Å². The number of hydrogen-bond donors (Lipinski definition) is 1. The monoisotopic (exact) mass is 433 g/mol. The van der Waals surface area contributed by atoms with Gasteiger partial charge in [0.25, 0.3) is 11.7 Å². The highest BCUT2D eigenvalue weighted by molar-refractivity contribution is 6.51. The van der Waals surface area contributed by atoms with Crippen molar-refractivity contribution >= 4 is 34.7 Å². The highest BCUT2D eigenvalue weighted by Gasteiger charge is 2.46. The zero-order chi connectivity index (χ0) is 22.0. The Morgan fingerprint density at radius 1 is 0.968 bits per heavy atom. The van der Waals surface area contributed by atoms with Crippen molar-refractivity contribution in [2.75, 3.05) is 11.5 Å². The van der Waals surface area contributed by atoms with Gasteiger partial charge in [-0.25, -0.2) is 0 Å². The molecule has 1 saturated heterocycles. The summed E-state index contributed by atoms with van der Waals surface area (Å²) in [5.41, 5.74) is 1.69. The second-order valence-corrected chi connectivity index (χ2v) is 7.45. The fourth-order valence-corrected chi connectivity index (χ4v) is 3.81. The fourth-order valence-electron chi connectivity index (χ4n) is 3.68. The molecule has 0 bridgehead atoms. The zero-order valence-electron chi connectivity index (χ0n) is 16.8. The van der Waals surface area contributed by atoms with Gasteiger partial charge in [-0.1, -0.05) is 54.1 Å². The number of benzene rings is 3. The molecule has 0 aliphatic carbocycles. The quantitative estimate of drug-likeness (QED) is 0.334. The minimum atomic E-state index is -0.796. The molecule has 1 aliphatic rings. The lowest BCUT2D eigenvalue weighted by atomic mass is 9.95. The maximum absolute atomic E-state index is 13.1. The molecule has 0 spiro atoms. The first-order chi connectivity index (χ1) is 15.0. The lowest BCUT2D eigenvalue weighted by Crippen LogP contribution is -2.29. The van der Waals surface area contributed by atoms with E-state index in [1.807, 2.05) is 13.0 Å². The summed E-state index contributed by atoms with van der Waals surface area (Å²) in [6, 6.07) is 21.7. The number of nitrogens with zero attached hydrogens (tertiary/aromatic N) is 1. The van der Waals surface area contributed by atoms with Gasteiger partial charge in [0.15, 0.2) is 0 Å². The number of halogens is 1. The van der Waals surface area contributed by atoms with Gasteiger partial charge in [0.05, 0.1) is 18.2 Å². The van der Waals surface area contributed by atoms with E-state index >= 15 is 0 Å².